The predicted molar refractivity (Wildman–Crippen MR) is 74.1 cm³/mol. The summed E-state index contributed by atoms with van der Waals surface area (Å²) < 4.78 is 2.18. The fourth-order valence-electron chi connectivity index (χ4n) is 1.76. The molecule has 0 saturated heterocycles. The summed E-state index contributed by atoms with van der Waals surface area (Å²) in [4.78, 5) is 10.3. The molecule has 1 aromatic heterocycles. The number of aromatic nitrogens is 3. The van der Waals surface area contributed by atoms with Gasteiger partial charge in [0.15, 0.2) is 5.82 Å². The van der Waals surface area contributed by atoms with Crippen LogP contribution >= 0.6 is 15.9 Å². The normalized spacial score (nSPS) is 10.6. The molecule has 0 bridgehead atoms. The lowest BCUT2D eigenvalue weighted by molar-refractivity contribution is -0.384. The lowest BCUT2D eigenvalue weighted by atomic mass is 10.2. The van der Waals surface area contributed by atoms with Gasteiger partial charge in [-0.05, 0) is 28.4 Å². The van der Waals surface area contributed by atoms with Gasteiger partial charge in [-0.1, -0.05) is 18.6 Å². The van der Waals surface area contributed by atoms with Crippen LogP contribution in [0.2, 0.25) is 0 Å². The van der Waals surface area contributed by atoms with Crippen LogP contribution in [0.15, 0.2) is 22.7 Å². The van der Waals surface area contributed by atoms with Crippen molar-refractivity contribution >= 4 is 27.4 Å². The van der Waals surface area contributed by atoms with Crippen LogP contribution in [0.25, 0.3) is 5.69 Å². The maximum absolute atomic E-state index is 10.7. The Bertz CT molecular complexity index is 626. The van der Waals surface area contributed by atoms with Crippen LogP contribution in [-0.4, -0.2) is 19.9 Å². The zero-order valence-corrected chi connectivity index (χ0v) is 11.8. The van der Waals surface area contributed by atoms with Crippen molar-refractivity contribution in [1.82, 2.24) is 15.0 Å². The van der Waals surface area contributed by atoms with Gasteiger partial charge in [-0.3, -0.25) is 10.1 Å². The fourth-order valence-corrected chi connectivity index (χ4v) is 2.29. The van der Waals surface area contributed by atoms with Crippen LogP contribution < -0.4 is 5.73 Å². The van der Waals surface area contributed by atoms with Gasteiger partial charge in [0.25, 0.3) is 5.69 Å². The molecule has 19 heavy (non-hydrogen) atoms. The van der Waals surface area contributed by atoms with Gasteiger partial charge in [-0.2, -0.15) is 0 Å². The van der Waals surface area contributed by atoms with Gasteiger partial charge in [-0.15, -0.1) is 5.10 Å². The molecule has 100 valence electrons. The van der Waals surface area contributed by atoms with Crippen LogP contribution in [0.3, 0.4) is 0 Å². The lowest BCUT2D eigenvalue weighted by Crippen LogP contribution is -2.04. The van der Waals surface area contributed by atoms with E-state index in [-0.39, 0.29) is 5.69 Å². The second-order valence-corrected chi connectivity index (χ2v) is 4.83. The lowest BCUT2D eigenvalue weighted by Gasteiger charge is -2.07. The molecule has 2 rings (SSSR count). The van der Waals surface area contributed by atoms with Crippen molar-refractivity contribution < 1.29 is 4.92 Å². The SMILES string of the molecule is CCCc1c(N)nnn1-c1ccc([N+](=O)[O-])cc1Br. The molecule has 2 aromatic rings. The Balaban J connectivity index is 2.50. The Kier molecular flexibility index (Phi) is 3.79. The molecule has 0 aliphatic heterocycles. The molecule has 0 fully saturated rings. The van der Waals surface area contributed by atoms with E-state index in [0.717, 1.165) is 18.5 Å². The van der Waals surface area contributed by atoms with Crippen LogP contribution in [0, 0.1) is 10.1 Å². The van der Waals surface area contributed by atoms with Gasteiger partial charge >= 0.3 is 0 Å². The molecule has 1 aromatic carbocycles. The number of nitro benzene ring substituents is 1. The molecule has 0 radical (unpaired) electrons. The van der Waals surface area contributed by atoms with Crippen molar-refractivity contribution in [2.45, 2.75) is 19.8 Å². The standard InChI is InChI=1S/C11H12BrN5O2/c1-2-3-10-11(13)14-15-16(10)9-5-4-7(17(18)19)6-8(9)12/h4-6H,2-3,13H2,1H3. The second kappa shape index (κ2) is 5.35. The monoisotopic (exact) mass is 325 g/mol. The molecule has 8 heteroatoms. The Labute approximate surface area is 117 Å². The number of halogens is 1. The number of nitrogens with zero attached hydrogens (tertiary/aromatic N) is 4. The third-order valence-electron chi connectivity index (χ3n) is 2.65. The molecule has 7 nitrogen and oxygen atoms in total. The highest BCUT2D eigenvalue weighted by Crippen LogP contribution is 2.27. The summed E-state index contributed by atoms with van der Waals surface area (Å²) in [7, 11) is 0. The van der Waals surface area contributed by atoms with E-state index < -0.39 is 4.92 Å². The Hall–Kier alpha value is -1.96. The molecule has 0 spiro atoms. The average Bonchev–Trinajstić information content (AvgIpc) is 2.72. The first-order chi connectivity index (χ1) is 9.04. The molecule has 0 saturated carbocycles. The highest BCUT2D eigenvalue weighted by molar-refractivity contribution is 9.10. The Morgan fingerprint density at radius 1 is 1.53 bits per heavy atom. The van der Waals surface area contributed by atoms with Gasteiger partial charge in [-0.25, -0.2) is 4.68 Å². The molecule has 1 heterocycles. The number of anilines is 1. The molecule has 0 aliphatic carbocycles. The number of rotatable bonds is 4. The molecule has 0 aliphatic rings. The minimum absolute atomic E-state index is 0.0146. The number of nitro groups is 1. The number of benzene rings is 1. The van der Waals surface area contributed by atoms with Crippen LogP contribution in [0.5, 0.6) is 0 Å². The highest BCUT2D eigenvalue weighted by atomic mass is 79.9. The Morgan fingerprint density at radius 2 is 2.26 bits per heavy atom. The van der Waals surface area contributed by atoms with Gasteiger partial charge < -0.3 is 5.73 Å². The van der Waals surface area contributed by atoms with Crippen molar-refractivity contribution in [1.29, 1.82) is 0 Å². The second-order valence-electron chi connectivity index (χ2n) is 3.98. The maximum Gasteiger partial charge on any atom is 0.270 e. The summed E-state index contributed by atoms with van der Waals surface area (Å²) in [6.45, 7) is 2.03. The third-order valence-corrected chi connectivity index (χ3v) is 3.29. The summed E-state index contributed by atoms with van der Waals surface area (Å²) in [5.41, 5.74) is 7.27. The maximum atomic E-state index is 10.7. The van der Waals surface area contributed by atoms with Gasteiger partial charge in [0.05, 0.1) is 20.8 Å². The van der Waals surface area contributed by atoms with Gasteiger partial charge in [0.2, 0.25) is 0 Å². The van der Waals surface area contributed by atoms with Crippen LogP contribution in [0.1, 0.15) is 19.0 Å². The van der Waals surface area contributed by atoms with Crippen molar-refractivity contribution in [3.63, 3.8) is 0 Å². The van der Waals surface area contributed by atoms with Gasteiger partial charge in [0.1, 0.15) is 0 Å². The number of nitrogens with two attached hydrogens (primary N) is 1. The number of hydrogen-bond donors (Lipinski definition) is 1. The summed E-state index contributed by atoms with van der Waals surface area (Å²) >= 11 is 3.31. The summed E-state index contributed by atoms with van der Waals surface area (Å²) in [6.07, 6.45) is 1.64. The quantitative estimate of drug-likeness (QED) is 0.687. The molecule has 0 atom stereocenters. The summed E-state index contributed by atoms with van der Waals surface area (Å²) in [5.74, 6) is 0.382. The number of non-ortho nitro benzene ring substituents is 1. The number of nitrogen functional groups attached to an aromatic ring is 1. The van der Waals surface area contributed by atoms with Crippen LogP contribution in [0.4, 0.5) is 11.5 Å². The predicted octanol–water partition coefficient (Wildman–Crippen LogP) is 2.47. The van der Waals surface area contributed by atoms with Crippen molar-refractivity contribution in [3.8, 4) is 5.69 Å². The van der Waals surface area contributed by atoms with E-state index in [1.54, 1.807) is 10.7 Å². The molecule has 0 unspecified atom stereocenters. The third kappa shape index (κ3) is 2.58. The van der Waals surface area contributed by atoms with E-state index in [9.17, 15) is 10.1 Å². The molecule has 2 N–H and O–H groups in total. The molecular formula is C11H12BrN5O2. The topological polar surface area (TPSA) is 99.9 Å². The fraction of sp³-hybridized carbons (Fsp3) is 0.273. The van der Waals surface area contributed by atoms with Crippen molar-refractivity contribution in [2.75, 3.05) is 5.73 Å². The summed E-state index contributed by atoms with van der Waals surface area (Å²) in [5, 5.41) is 18.5. The van der Waals surface area contributed by atoms with Gasteiger partial charge in [0, 0.05) is 12.1 Å². The highest BCUT2D eigenvalue weighted by Gasteiger charge is 2.15. The first-order valence-corrected chi connectivity index (χ1v) is 6.48. The van der Waals surface area contributed by atoms with E-state index in [1.165, 1.54) is 12.1 Å². The van der Waals surface area contributed by atoms with E-state index >= 15 is 0 Å². The zero-order chi connectivity index (χ0) is 14.0. The minimum atomic E-state index is -0.447. The van der Waals surface area contributed by atoms with E-state index in [0.29, 0.717) is 16.0 Å². The number of hydrogen-bond acceptors (Lipinski definition) is 5. The first-order valence-electron chi connectivity index (χ1n) is 5.69. The van der Waals surface area contributed by atoms with E-state index in [4.69, 9.17) is 5.73 Å². The smallest absolute Gasteiger partial charge is 0.270 e. The average molecular weight is 326 g/mol. The zero-order valence-electron chi connectivity index (χ0n) is 10.2. The summed E-state index contributed by atoms with van der Waals surface area (Å²) in [6, 6.07) is 4.48. The largest absolute Gasteiger partial charge is 0.381 e. The van der Waals surface area contributed by atoms with Crippen molar-refractivity contribution in [3.05, 3.63) is 38.5 Å². The molecule has 0 amide bonds. The van der Waals surface area contributed by atoms with Crippen molar-refractivity contribution in [2.24, 2.45) is 0 Å². The minimum Gasteiger partial charge on any atom is -0.381 e. The van der Waals surface area contributed by atoms with E-state index in [2.05, 4.69) is 26.2 Å². The molecular weight excluding hydrogens is 314 g/mol. The first kappa shape index (κ1) is 13.5. The van der Waals surface area contributed by atoms with E-state index in [1.807, 2.05) is 6.92 Å². The Morgan fingerprint density at radius 3 is 2.84 bits per heavy atom. The van der Waals surface area contributed by atoms with Crippen LogP contribution in [-0.2, 0) is 6.42 Å².